The van der Waals surface area contributed by atoms with Gasteiger partial charge in [-0.15, -0.1) is 21.5 Å². The van der Waals surface area contributed by atoms with Gasteiger partial charge < -0.3 is 14.6 Å². The van der Waals surface area contributed by atoms with E-state index in [0.29, 0.717) is 17.4 Å². The molecule has 5 rings (SSSR count). The van der Waals surface area contributed by atoms with Crippen LogP contribution in [-0.4, -0.2) is 55.1 Å². The lowest BCUT2D eigenvalue weighted by molar-refractivity contribution is -0.384. The zero-order valence-corrected chi connectivity index (χ0v) is 23.7. The molecule has 1 unspecified atom stereocenters. The summed E-state index contributed by atoms with van der Waals surface area (Å²) in [7, 11) is 3.36. The maximum Gasteiger partial charge on any atom is 0.269 e. The summed E-state index contributed by atoms with van der Waals surface area (Å²) in [5.74, 6) is 0.755. The Balaban J connectivity index is 1.23. The van der Waals surface area contributed by atoms with Gasteiger partial charge in [-0.05, 0) is 41.3 Å². The minimum Gasteiger partial charge on any atom is -0.497 e. The van der Waals surface area contributed by atoms with Crippen molar-refractivity contribution >= 4 is 46.3 Å². The average molecular weight is 592 g/mol. The molecule has 3 heterocycles. The second kappa shape index (κ2) is 12.3. The molecule has 1 atom stereocenters. The number of nitrogens with one attached hydrogen (secondary N) is 1. The number of ether oxygens (including phenoxy) is 1. The lowest BCUT2D eigenvalue weighted by Gasteiger charge is -2.22. The van der Waals surface area contributed by atoms with Crippen molar-refractivity contribution in [2.24, 2.45) is 12.1 Å². The molecule has 0 fully saturated rings. The highest BCUT2D eigenvalue weighted by atomic mass is 32.2. The molecule has 4 aromatic rings. The van der Waals surface area contributed by atoms with E-state index in [4.69, 9.17) is 9.84 Å². The van der Waals surface area contributed by atoms with Crippen LogP contribution in [0.3, 0.4) is 0 Å². The monoisotopic (exact) mass is 591 g/mol. The number of carbonyl (C=O) groups excluding carboxylic acids is 2. The summed E-state index contributed by atoms with van der Waals surface area (Å²) in [6, 6.07) is 16.7. The highest BCUT2D eigenvalue weighted by Crippen LogP contribution is 2.35. The molecule has 2 amide bonds. The number of amides is 2. The number of nitro benzene ring substituents is 1. The molecule has 2 aromatic heterocycles. The number of hydrogen-bond donors (Lipinski definition) is 1. The van der Waals surface area contributed by atoms with Crippen LogP contribution in [0.15, 0.2) is 76.3 Å². The standard InChI is InChI=1S/C27H25N7O5S2/c1-32-24(15-28-26(36)18-5-9-19(10-6-18)34(37)38)29-30-27(32)41-16-25(35)33-22(17-7-11-20(39-2)12-8-17)14-21(31-33)23-4-3-13-40-23/h3-13,22H,14-16H2,1-2H3,(H,28,36). The molecule has 0 bridgehead atoms. The number of rotatable bonds is 10. The van der Waals surface area contributed by atoms with Gasteiger partial charge in [-0.2, -0.15) is 5.10 Å². The zero-order chi connectivity index (χ0) is 28.9. The van der Waals surface area contributed by atoms with Gasteiger partial charge in [-0.3, -0.25) is 19.7 Å². The van der Waals surface area contributed by atoms with Crippen LogP contribution in [0.2, 0.25) is 0 Å². The van der Waals surface area contributed by atoms with Crippen molar-refractivity contribution in [3.05, 3.63) is 98.0 Å². The van der Waals surface area contributed by atoms with Crippen LogP contribution in [0.25, 0.3) is 0 Å². The van der Waals surface area contributed by atoms with Crippen LogP contribution in [0, 0.1) is 10.1 Å². The minimum atomic E-state index is -0.525. The predicted octanol–water partition coefficient (Wildman–Crippen LogP) is 4.19. The van der Waals surface area contributed by atoms with Gasteiger partial charge in [-0.25, -0.2) is 5.01 Å². The maximum atomic E-state index is 13.4. The summed E-state index contributed by atoms with van der Waals surface area (Å²) in [6.07, 6.45) is 0.603. The highest BCUT2D eigenvalue weighted by molar-refractivity contribution is 7.99. The molecular formula is C27H25N7O5S2. The number of nitrogens with zero attached hydrogens (tertiary/aromatic N) is 6. The number of carbonyl (C=O) groups is 2. The van der Waals surface area contributed by atoms with Gasteiger partial charge in [0.1, 0.15) is 5.75 Å². The first-order valence-corrected chi connectivity index (χ1v) is 14.3. The molecule has 0 radical (unpaired) electrons. The minimum absolute atomic E-state index is 0.0912. The average Bonchev–Trinajstić information content (AvgIpc) is 3.75. The number of non-ortho nitro benzene ring substituents is 1. The third-order valence-electron chi connectivity index (χ3n) is 6.47. The van der Waals surface area contributed by atoms with Crippen molar-refractivity contribution in [1.29, 1.82) is 0 Å². The summed E-state index contributed by atoms with van der Waals surface area (Å²) >= 11 is 2.82. The molecule has 0 saturated heterocycles. The van der Waals surface area contributed by atoms with E-state index in [9.17, 15) is 19.7 Å². The van der Waals surface area contributed by atoms with Crippen molar-refractivity contribution in [1.82, 2.24) is 25.1 Å². The molecular weight excluding hydrogens is 566 g/mol. The normalized spacial score (nSPS) is 14.5. The van der Waals surface area contributed by atoms with E-state index in [1.165, 1.54) is 36.0 Å². The van der Waals surface area contributed by atoms with Crippen molar-refractivity contribution in [2.75, 3.05) is 12.9 Å². The first kappa shape index (κ1) is 28.0. The molecule has 12 nitrogen and oxygen atoms in total. The van der Waals surface area contributed by atoms with E-state index in [2.05, 4.69) is 15.5 Å². The zero-order valence-electron chi connectivity index (χ0n) is 22.1. The number of thioether (sulfide) groups is 1. The van der Waals surface area contributed by atoms with E-state index >= 15 is 0 Å². The number of hydrazone groups is 1. The molecule has 2 aromatic carbocycles. The van der Waals surface area contributed by atoms with Crippen LogP contribution in [0.4, 0.5) is 5.69 Å². The molecule has 41 heavy (non-hydrogen) atoms. The summed E-state index contributed by atoms with van der Waals surface area (Å²) < 4.78 is 6.99. The Kier molecular flexibility index (Phi) is 8.40. The van der Waals surface area contributed by atoms with Gasteiger partial charge in [0.25, 0.3) is 17.5 Å². The van der Waals surface area contributed by atoms with Crippen LogP contribution in [0.5, 0.6) is 5.75 Å². The summed E-state index contributed by atoms with van der Waals surface area (Å²) in [5, 5.41) is 30.6. The molecule has 0 saturated carbocycles. The van der Waals surface area contributed by atoms with Gasteiger partial charge in [0.2, 0.25) is 0 Å². The lowest BCUT2D eigenvalue weighted by atomic mass is 10.0. The second-order valence-corrected chi connectivity index (χ2v) is 10.9. The van der Waals surface area contributed by atoms with Crippen LogP contribution < -0.4 is 10.1 Å². The van der Waals surface area contributed by atoms with Crippen molar-refractivity contribution < 1.29 is 19.2 Å². The third kappa shape index (κ3) is 6.28. The van der Waals surface area contributed by atoms with Gasteiger partial charge >= 0.3 is 0 Å². The molecule has 1 aliphatic heterocycles. The molecule has 0 aliphatic carbocycles. The summed E-state index contributed by atoms with van der Waals surface area (Å²) in [4.78, 5) is 37.2. The number of hydrogen-bond acceptors (Lipinski definition) is 10. The third-order valence-corrected chi connectivity index (χ3v) is 8.39. The van der Waals surface area contributed by atoms with E-state index in [1.807, 2.05) is 41.8 Å². The molecule has 1 N–H and O–H groups in total. The van der Waals surface area contributed by atoms with E-state index < -0.39 is 10.8 Å². The summed E-state index contributed by atoms with van der Waals surface area (Å²) in [6.45, 7) is 0.0912. The Labute approximate surface area is 243 Å². The fraction of sp³-hybridized carbons (Fsp3) is 0.222. The van der Waals surface area contributed by atoms with Crippen LogP contribution in [0.1, 0.15) is 39.1 Å². The fourth-order valence-electron chi connectivity index (χ4n) is 4.23. The van der Waals surface area contributed by atoms with Gasteiger partial charge in [0.05, 0.1) is 41.0 Å². The van der Waals surface area contributed by atoms with Crippen LogP contribution in [-0.2, 0) is 18.4 Å². The number of aromatic nitrogens is 3. The van der Waals surface area contributed by atoms with Crippen LogP contribution >= 0.6 is 23.1 Å². The topological polar surface area (TPSA) is 145 Å². The fourth-order valence-corrected chi connectivity index (χ4v) is 5.73. The maximum absolute atomic E-state index is 13.4. The number of nitro groups is 1. The van der Waals surface area contributed by atoms with E-state index in [0.717, 1.165) is 21.9 Å². The van der Waals surface area contributed by atoms with Gasteiger partial charge in [0.15, 0.2) is 11.0 Å². The Hall–Kier alpha value is -4.56. The Morgan fingerprint density at radius 2 is 1.90 bits per heavy atom. The smallest absolute Gasteiger partial charge is 0.269 e. The summed E-state index contributed by atoms with van der Waals surface area (Å²) in [5.41, 5.74) is 2.02. The predicted molar refractivity (Wildman–Crippen MR) is 154 cm³/mol. The van der Waals surface area contributed by atoms with Gasteiger partial charge in [-0.1, -0.05) is 30.0 Å². The van der Waals surface area contributed by atoms with E-state index in [-0.39, 0.29) is 35.5 Å². The lowest BCUT2D eigenvalue weighted by Crippen LogP contribution is -2.28. The Morgan fingerprint density at radius 3 is 2.56 bits per heavy atom. The quantitative estimate of drug-likeness (QED) is 0.164. The molecule has 210 valence electrons. The first-order chi connectivity index (χ1) is 19.8. The Bertz CT molecular complexity index is 1590. The highest BCUT2D eigenvalue weighted by Gasteiger charge is 2.33. The SMILES string of the molecule is COc1ccc(C2CC(c3cccs3)=NN2C(=O)CSc2nnc(CNC(=O)c3ccc([N+](=O)[O-])cc3)n2C)cc1. The van der Waals surface area contributed by atoms with Crippen molar-refractivity contribution in [2.45, 2.75) is 24.2 Å². The number of benzene rings is 2. The largest absolute Gasteiger partial charge is 0.497 e. The number of thiophene rings is 1. The molecule has 1 aliphatic rings. The van der Waals surface area contributed by atoms with E-state index in [1.54, 1.807) is 35.1 Å². The van der Waals surface area contributed by atoms with Crippen molar-refractivity contribution in [3.63, 3.8) is 0 Å². The first-order valence-electron chi connectivity index (χ1n) is 12.4. The number of methoxy groups -OCH3 is 1. The van der Waals surface area contributed by atoms with Gasteiger partial charge in [0, 0.05) is 31.2 Å². The Morgan fingerprint density at radius 1 is 1.15 bits per heavy atom. The van der Waals surface area contributed by atoms with Crippen molar-refractivity contribution in [3.8, 4) is 5.75 Å². The second-order valence-electron chi connectivity index (χ2n) is 8.99. The molecule has 0 spiro atoms. The molecule has 14 heteroatoms.